The molecule has 3 fully saturated rings. The molecule has 0 heterocycles. The van der Waals surface area contributed by atoms with Crippen molar-refractivity contribution < 1.29 is 4.79 Å². The molecule has 3 aliphatic rings. The summed E-state index contributed by atoms with van der Waals surface area (Å²) in [5.41, 5.74) is 7.49. The van der Waals surface area contributed by atoms with Gasteiger partial charge >= 0.3 is 0 Å². The predicted octanol–water partition coefficient (Wildman–Crippen LogP) is 4.94. The van der Waals surface area contributed by atoms with Gasteiger partial charge in [-0.3, -0.25) is 4.79 Å². The molecule has 0 spiro atoms. The van der Waals surface area contributed by atoms with Crippen LogP contribution in [-0.4, -0.2) is 18.0 Å². The highest BCUT2D eigenvalue weighted by Crippen LogP contribution is 2.59. The van der Waals surface area contributed by atoms with Gasteiger partial charge in [0.25, 0.3) is 0 Å². The molecule has 3 aliphatic carbocycles. The van der Waals surface area contributed by atoms with Crippen molar-refractivity contribution in [2.75, 3.05) is 0 Å². The van der Waals surface area contributed by atoms with Gasteiger partial charge in [0.1, 0.15) is 0 Å². The highest BCUT2D eigenvalue weighted by Gasteiger charge is 2.54. The third-order valence-corrected chi connectivity index (χ3v) is 8.52. The minimum Gasteiger partial charge on any atom is -0.353 e. The molecule has 1 aromatic carbocycles. The first-order valence-corrected chi connectivity index (χ1v) is 11.6. The maximum Gasteiger partial charge on any atom is 0.226 e. The summed E-state index contributed by atoms with van der Waals surface area (Å²) in [6.45, 7) is 4.65. The first-order chi connectivity index (χ1) is 13.5. The van der Waals surface area contributed by atoms with Crippen LogP contribution in [0.25, 0.3) is 0 Å². The van der Waals surface area contributed by atoms with Crippen LogP contribution in [0, 0.1) is 17.3 Å². The molecule has 1 amide bonds. The van der Waals surface area contributed by atoms with E-state index in [0.717, 1.165) is 50.9 Å². The maximum atomic E-state index is 13.7. The second-order valence-corrected chi connectivity index (χ2v) is 10.2. The van der Waals surface area contributed by atoms with E-state index < -0.39 is 0 Å². The van der Waals surface area contributed by atoms with E-state index in [1.807, 2.05) is 0 Å². The minimum atomic E-state index is -0.215. The summed E-state index contributed by atoms with van der Waals surface area (Å²) in [4.78, 5) is 13.7. The predicted molar refractivity (Wildman–Crippen MR) is 115 cm³/mol. The fourth-order valence-corrected chi connectivity index (χ4v) is 6.56. The van der Waals surface area contributed by atoms with Gasteiger partial charge in [-0.15, -0.1) is 0 Å². The normalized spacial score (nSPS) is 40.7. The lowest BCUT2D eigenvalue weighted by Gasteiger charge is -2.55. The third-order valence-electron chi connectivity index (χ3n) is 8.52. The molecule has 1 aromatic rings. The first kappa shape index (κ1) is 19.9. The van der Waals surface area contributed by atoms with E-state index in [2.05, 4.69) is 49.5 Å². The molecule has 3 saturated carbocycles. The number of amides is 1. The zero-order valence-electron chi connectivity index (χ0n) is 17.8. The molecule has 154 valence electrons. The van der Waals surface area contributed by atoms with Crippen LogP contribution in [0.1, 0.15) is 83.6 Å². The Kier molecular flexibility index (Phi) is 5.57. The van der Waals surface area contributed by atoms with Crippen molar-refractivity contribution in [3.8, 4) is 0 Å². The van der Waals surface area contributed by atoms with Crippen molar-refractivity contribution in [3.63, 3.8) is 0 Å². The number of nitrogens with two attached hydrogens (primary N) is 1. The molecule has 4 rings (SSSR count). The van der Waals surface area contributed by atoms with Gasteiger partial charge in [-0.2, -0.15) is 0 Å². The summed E-state index contributed by atoms with van der Waals surface area (Å²) in [7, 11) is 0. The number of hydrogen-bond acceptors (Lipinski definition) is 2. The number of hydrogen-bond donors (Lipinski definition) is 2. The van der Waals surface area contributed by atoms with Crippen molar-refractivity contribution in [1.82, 2.24) is 5.32 Å². The summed E-state index contributed by atoms with van der Waals surface area (Å²) >= 11 is 0. The molecule has 2 bridgehead atoms. The molecular weight excluding hydrogens is 344 g/mol. The summed E-state index contributed by atoms with van der Waals surface area (Å²) in [5, 5.41) is 3.48. The van der Waals surface area contributed by atoms with E-state index >= 15 is 0 Å². The summed E-state index contributed by atoms with van der Waals surface area (Å²) < 4.78 is 0. The Morgan fingerprint density at radius 3 is 2.50 bits per heavy atom. The van der Waals surface area contributed by atoms with Crippen molar-refractivity contribution in [1.29, 1.82) is 0 Å². The third kappa shape index (κ3) is 3.63. The average Bonchev–Trinajstić information content (AvgIpc) is 2.73. The van der Waals surface area contributed by atoms with Crippen LogP contribution in [-0.2, 0) is 10.2 Å². The van der Waals surface area contributed by atoms with E-state index in [4.69, 9.17) is 5.73 Å². The number of carbonyl (C=O) groups is 1. The van der Waals surface area contributed by atoms with Crippen LogP contribution < -0.4 is 11.1 Å². The molecule has 3 N–H and O–H groups in total. The van der Waals surface area contributed by atoms with Crippen molar-refractivity contribution in [2.45, 2.75) is 95.6 Å². The Balaban J connectivity index is 1.60. The molecule has 28 heavy (non-hydrogen) atoms. The molecule has 0 aromatic heterocycles. The van der Waals surface area contributed by atoms with E-state index in [1.54, 1.807) is 0 Å². The number of nitrogens with one attached hydrogen (secondary N) is 1. The summed E-state index contributed by atoms with van der Waals surface area (Å²) in [6.07, 6.45) is 11.0. The standard InChI is InChI=1S/C25H38N2O/c1-3-24(23(28)27-22-11-9-21(26)10-12-22)15-19-16-25(17-24,14-13-18(19)2)20-7-5-4-6-8-20/h4-8,18-19,21-22H,3,9-17,26H2,1-2H3,(H,27,28). The van der Waals surface area contributed by atoms with Gasteiger partial charge in [0.05, 0.1) is 5.41 Å². The first-order valence-electron chi connectivity index (χ1n) is 11.6. The van der Waals surface area contributed by atoms with E-state index in [9.17, 15) is 4.79 Å². The Bertz CT molecular complexity index is 681. The fourth-order valence-electron chi connectivity index (χ4n) is 6.56. The van der Waals surface area contributed by atoms with Gasteiger partial charge in [-0.25, -0.2) is 0 Å². The number of fused-ring (bicyclic) bond motifs is 2. The maximum absolute atomic E-state index is 13.7. The molecule has 0 radical (unpaired) electrons. The van der Waals surface area contributed by atoms with Crippen LogP contribution in [0.2, 0.25) is 0 Å². The monoisotopic (exact) mass is 382 g/mol. The number of carbonyl (C=O) groups excluding carboxylic acids is 1. The van der Waals surface area contributed by atoms with Crippen molar-refractivity contribution in [3.05, 3.63) is 35.9 Å². The number of benzene rings is 1. The molecule has 3 nitrogen and oxygen atoms in total. The minimum absolute atomic E-state index is 0.180. The lowest BCUT2D eigenvalue weighted by Crippen LogP contribution is -2.55. The second-order valence-electron chi connectivity index (χ2n) is 10.2. The average molecular weight is 383 g/mol. The quantitative estimate of drug-likeness (QED) is 0.775. The molecule has 4 unspecified atom stereocenters. The highest BCUT2D eigenvalue weighted by molar-refractivity contribution is 5.83. The zero-order valence-corrected chi connectivity index (χ0v) is 17.8. The molecule has 0 aliphatic heterocycles. The van der Waals surface area contributed by atoms with Gasteiger partial charge < -0.3 is 11.1 Å². The zero-order chi connectivity index (χ0) is 19.8. The lowest BCUT2D eigenvalue weighted by atomic mass is 9.49. The van der Waals surface area contributed by atoms with Crippen molar-refractivity contribution in [2.24, 2.45) is 23.0 Å². The summed E-state index contributed by atoms with van der Waals surface area (Å²) in [5.74, 6) is 1.71. The fraction of sp³-hybridized carbons (Fsp3) is 0.720. The Labute approximate surface area is 170 Å². The molecule has 0 saturated heterocycles. The van der Waals surface area contributed by atoms with Crippen LogP contribution in [0.4, 0.5) is 0 Å². The Hall–Kier alpha value is -1.35. The Morgan fingerprint density at radius 2 is 1.82 bits per heavy atom. The van der Waals surface area contributed by atoms with Gasteiger partial charge in [-0.05, 0) is 87.0 Å². The van der Waals surface area contributed by atoms with Gasteiger partial charge in [-0.1, -0.05) is 44.2 Å². The molecular formula is C25H38N2O. The highest BCUT2D eigenvalue weighted by atomic mass is 16.2. The topological polar surface area (TPSA) is 55.1 Å². The van der Waals surface area contributed by atoms with Crippen molar-refractivity contribution >= 4 is 5.91 Å². The SMILES string of the molecule is CCC1(C(=O)NC2CCC(N)CC2)CC2CC(c3ccccc3)(CCC2C)C1. The molecule has 4 atom stereocenters. The lowest BCUT2D eigenvalue weighted by molar-refractivity contribution is -0.139. The van der Waals surface area contributed by atoms with Crippen LogP contribution in [0.15, 0.2) is 30.3 Å². The van der Waals surface area contributed by atoms with E-state index in [-0.39, 0.29) is 10.8 Å². The summed E-state index contributed by atoms with van der Waals surface area (Å²) in [6, 6.07) is 11.7. The molecule has 3 heteroatoms. The number of rotatable bonds is 4. The smallest absolute Gasteiger partial charge is 0.226 e. The van der Waals surface area contributed by atoms with E-state index in [1.165, 1.54) is 24.8 Å². The van der Waals surface area contributed by atoms with Gasteiger partial charge in [0.15, 0.2) is 0 Å². The van der Waals surface area contributed by atoms with Gasteiger partial charge in [0.2, 0.25) is 5.91 Å². The van der Waals surface area contributed by atoms with Crippen LogP contribution in [0.5, 0.6) is 0 Å². The van der Waals surface area contributed by atoms with Crippen LogP contribution in [0.3, 0.4) is 0 Å². The Morgan fingerprint density at radius 1 is 1.11 bits per heavy atom. The van der Waals surface area contributed by atoms with Crippen LogP contribution >= 0.6 is 0 Å². The van der Waals surface area contributed by atoms with Gasteiger partial charge in [0, 0.05) is 12.1 Å². The largest absolute Gasteiger partial charge is 0.353 e. The van der Waals surface area contributed by atoms with E-state index in [0.29, 0.717) is 23.9 Å². The second kappa shape index (κ2) is 7.82.